The minimum atomic E-state index is -5.97. The van der Waals surface area contributed by atoms with E-state index in [0.29, 0.717) is 0 Å². The molecule has 0 rings (SSSR count). The Bertz CT molecular complexity index is 230. The molecule has 0 N–H and O–H groups in total. The van der Waals surface area contributed by atoms with Crippen LogP contribution in [0, 0.1) is 0 Å². The Hall–Kier alpha value is 0.360. The van der Waals surface area contributed by atoms with Crippen LogP contribution in [0.4, 0.5) is 35.1 Å². The third-order valence-electron chi connectivity index (χ3n) is 0.965. The van der Waals surface area contributed by atoms with Gasteiger partial charge in [0, 0.05) is 0 Å². The molecule has 1 nitrogen and oxygen atoms in total. The molecular weight excluding hydrogens is 376 g/mol. The van der Waals surface area contributed by atoms with E-state index in [9.17, 15) is 35.1 Å². The highest BCUT2D eigenvalue weighted by Crippen LogP contribution is 2.53. The molecule has 0 aromatic carbocycles. The average molecular weight is 376 g/mol. The molecular formula is C4Br2F8O. The number of alkyl halides is 10. The van der Waals surface area contributed by atoms with Crippen LogP contribution < -0.4 is 0 Å². The zero-order chi connectivity index (χ0) is 12.7. The van der Waals surface area contributed by atoms with Crippen LogP contribution in [0.2, 0.25) is 0 Å². The Labute approximate surface area is 94.0 Å². The van der Waals surface area contributed by atoms with Gasteiger partial charge in [-0.15, -0.1) is 13.2 Å². The first-order chi connectivity index (χ1) is 6.21. The van der Waals surface area contributed by atoms with Crippen molar-refractivity contribution in [3.05, 3.63) is 0 Å². The van der Waals surface area contributed by atoms with Crippen molar-refractivity contribution >= 4 is 31.9 Å². The molecule has 92 valence electrons. The Morgan fingerprint density at radius 3 is 1.27 bits per heavy atom. The number of ether oxygens (including phenoxy) is 1. The fourth-order valence-corrected chi connectivity index (χ4v) is 0.686. The van der Waals surface area contributed by atoms with Crippen molar-refractivity contribution < 1.29 is 39.9 Å². The van der Waals surface area contributed by atoms with Crippen molar-refractivity contribution in [1.29, 1.82) is 0 Å². The van der Waals surface area contributed by atoms with Crippen LogP contribution in [0.3, 0.4) is 0 Å². The van der Waals surface area contributed by atoms with Crippen molar-refractivity contribution in [1.82, 2.24) is 0 Å². The predicted octanol–water partition coefficient (Wildman–Crippen LogP) is 4.16. The predicted molar refractivity (Wildman–Crippen MR) is 38.7 cm³/mol. The molecule has 0 aromatic rings. The molecule has 0 aliphatic rings. The van der Waals surface area contributed by atoms with Gasteiger partial charge in [0.2, 0.25) is 0 Å². The van der Waals surface area contributed by atoms with Crippen LogP contribution >= 0.6 is 31.9 Å². The molecule has 0 aromatic heterocycles. The minimum Gasteiger partial charge on any atom is -0.222 e. The smallest absolute Gasteiger partial charge is 0.222 e. The summed E-state index contributed by atoms with van der Waals surface area (Å²) >= 11 is 2.30. The molecule has 0 spiro atoms. The molecule has 11 heteroatoms. The summed E-state index contributed by atoms with van der Waals surface area (Å²) in [6, 6.07) is 0. The summed E-state index contributed by atoms with van der Waals surface area (Å²) in [5, 5.41) is 0. The highest BCUT2D eigenvalue weighted by molar-refractivity contribution is 9.12. The van der Waals surface area contributed by atoms with E-state index < -0.39 is 21.9 Å². The average Bonchev–Trinajstić information content (AvgIpc) is 1.77. The van der Waals surface area contributed by atoms with Crippen LogP contribution in [0.25, 0.3) is 0 Å². The van der Waals surface area contributed by atoms with E-state index in [1.807, 2.05) is 4.74 Å². The van der Waals surface area contributed by atoms with E-state index in [2.05, 4.69) is 0 Å². The first-order valence-corrected chi connectivity index (χ1v) is 4.38. The van der Waals surface area contributed by atoms with Gasteiger partial charge in [-0.2, -0.15) is 17.6 Å². The zero-order valence-corrected chi connectivity index (χ0v) is 9.36. The number of halogens is 10. The van der Waals surface area contributed by atoms with Crippen LogP contribution in [-0.2, 0) is 4.74 Å². The first kappa shape index (κ1) is 15.4. The molecule has 0 saturated heterocycles. The Kier molecular flexibility index (Phi) is 4.08. The van der Waals surface area contributed by atoms with Gasteiger partial charge in [0.05, 0.1) is 0 Å². The van der Waals surface area contributed by atoms with Gasteiger partial charge in [-0.3, -0.25) is 0 Å². The molecule has 0 saturated carbocycles. The van der Waals surface area contributed by atoms with E-state index in [1.54, 1.807) is 0 Å². The van der Waals surface area contributed by atoms with Gasteiger partial charge < -0.3 is 0 Å². The fourth-order valence-electron chi connectivity index (χ4n) is 0.374. The monoisotopic (exact) mass is 374 g/mol. The first-order valence-electron chi connectivity index (χ1n) is 2.80. The molecule has 0 unspecified atom stereocenters. The lowest BCUT2D eigenvalue weighted by Crippen LogP contribution is -2.53. The van der Waals surface area contributed by atoms with Gasteiger partial charge in [-0.25, -0.2) is 9.13 Å². The fraction of sp³-hybridized carbons (Fsp3) is 1.00. The Balaban J connectivity index is 5.03. The zero-order valence-electron chi connectivity index (χ0n) is 6.19. The summed E-state index contributed by atoms with van der Waals surface area (Å²) < 4.78 is 92.4. The third kappa shape index (κ3) is 3.70. The van der Waals surface area contributed by atoms with Crippen molar-refractivity contribution in [2.45, 2.75) is 21.9 Å². The van der Waals surface area contributed by atoms with E-state index in [1.165, 1.54) is 0 Å². The molecule has 0 heterocycles. The second-order valence-electron chi connectivity index (χ2n) is 2.14. The van der Waals surface area contributed by atoms with Gasteiger partial charge >= 0.3 is 21.9 Å². The summed E-state index contributed by atoms with van der Waals surface area (Å²) in [6.07, 6.45) is -11.8. The van der Waals surface area contributed by atoms with E-state index in [-0.39, 0.29) is 0 Å². The number of rotatable bonds is 3. The minimum absolute atomic E-state index is 1.14. The van der Waals surface area contributed by atoms with Crippen LogP contribution in [0.5, 0.6) is 0 Å². The van der Waals surface area contributed by atoms with Gasteiger partial charge in [-0.1, -0.05) is 0 Å². The maximum atomic E-state index is 12.7. The van der Waals surface area contributed by atoms with E-state index in [4.69, 9.17) is 0 Å². The van der Waals surface area contributed by atoms with Gasteiger partial charge in [0.25, 0.3) is 0 Å². The topological polar surface area (TPSA) is 9.23 Å². The normalized spacial score (nSPS) is 18.8. The van der Waals surface area contributed by atoms with Gasteiger partial charge in [0.1, 0.15) is 0 Å². The van der Waals surface area contributed by atoms with Crippen LogP contribution in [0.1, 0.15) is 0 Å². The quantitative estimate of drug-likeness (QED) is 0.531. The second kappa shape index (κ2) is 3.99. The summed E-state index contributed by atoms with van der Waals surface area (Å²) in [5.74, 6) is 0. The Morgan fingerprint density at radius 2 is 1.07 bits per heavy atom. The van der Waals surface area contributed by atoms with Gasteiger partial charge in [0.15, 0.2) is 0 Å². The molecule has 0 bridgehead atoms. The lowest BCUT2D eigenvalue weighted by Gasteiger charge is -2.31. The lowest BCUT2D eigenvalue weighted by molar-refractivity contribution is -0.446. The highest BCUT2D eigenvalue weighted by Gasteiger charge is 2.71. The SMILES string of the molecule is FC(F)(F)OC(F)(F)[C@@](F)(Br)C(F)(F)Br. The summed E-state index contributed by atoms with van der Waals surface area (Å²) in [4.78, 5) is -4.96. The number of hydrogen-bond acceptors (Lipinski definition) is 1. The third-order valence-corrected chi connectivity index (χ3v) is 3.00. The highest BCUT2D eigenvalue weighted by atomic mass is 79.9. The maximum Gasteiger partial charge on any atom is 0.527 e. The maximum absolute atomic E-state index is 12.7. The van der Waals surface area contributed by atoms with Crippen molar-refractivity contribution in [2.24, 2.45) is 0 Å². The summed E-state index contributed by atoms with van der Waals surface area (Å²) in [5.41, 5.74) is 0. The molecule has 1 atom stereocenters. The molecule has 15 heavy (non-hydrogen) atoms. The van der Waals surface area contributed by atoms with Gasteiger partial charge in [-0.05, 0) is 31.9 Å². The van der Waals surface area contributed by atoms with E-state index in [0.717, 1.165) is 31.9 Å². The Morgan fingerprint density at radius 1 is 0.733 bits per heavy atom. The lowest BCUT2D eigenvalue weighted by atomic mass is 10.4. The van der Waals surface area contributed by atoms with Crippen molar-refractivity contribution in [3.63, 3.8) is 0 Å². The molecule has 0 aliphatic heterocycles. The summed E-state index contributed by atoms with van der Waals surface area (Å²) in [6.45, 7) is 0. The standard InChI is InChI=1S/C4Br2F8O/c5-1(7,2(6,8)9)3(10,11)15-4(12,13)14/t1-/m1/s1. The summed E-state index contributed by atoms with van der Waals surface area (Å²) in [7, 11) is 0. The second-order valence-corrected chi connectivity index (χ2v) is 4.23. The molecule has 0 fully saturated rings. The molecule has 0 radical (unpaired) electrons. The molecule has 0 amide bonds. The van der Waals surface area contributed by atoms with E-state index >= 15 is 0 Å². The molecule has 0 aliphatic carbocycles. The van der Waals surface area contributed by atoms with Crippen LogP contribution in [0.15, 0.2) is 0 Å². The number of hydrogen-bond donors (Lipinski definition) is 0. The van der Waals surface area contributed by atoms with Crippen LogP contribution in [-0.4, -0.2) is 21.9 Å². The van der Waals surface area contributed by atoms with Crippen molar-refractivity contribution in [3.8, 4) is 0 Å². The van der Waals surface area contributed by atoms with Crippen molar-refractivity contribution in [2.75, 3.05) is 0 Å². The largest absolute Gasteiger partial charge is 0.527 e.